The minimum atomic E-state index is -2.50. The predicted molar refractivity (Wildman–Crippen MR) is 150 cm³/mol. The van der Waals surface area contributed by atoms with Gasteiger partial charge in [-0.1, -0.05) is 0 Å². The van der Waals surface area contributed by atoms with Gasteiger partial charge in [-0.3, -0.25) is 0 Å². The zero-order valence-electron chi connectivity index (χ0n) is 26.3. The number of aliphatic hydroxyl groups excluding tert-OH is 16. The molecule has 2 heterocycles. The molecule has 51 heavy (non-hydrogen) atoms. The minimum Gasteiger partial charge on any atom is -0.547 e. The normalized spacial score (nSPS) is 33.8. The summed E-state index contributed by atoms with van der Waals surface area (Å²) in [5.41, 5.74) is 0. The number of hydrogen-bond acceptors (Lipinski definition) is 24. The number of carbonyl (C=O) groups excluding carboxylic acids is 2. The summed E-state index contributed by atoms with van der Waals surface area (Å²) in [5, 5.41) is 173. The van der Waals surface area contributed by atoms with Gasteiger partial charge in [0.2, 0.25) is 0 Å². The third kappa shape index (κ3) is 14.5. The Kier molecular flexibility index (Phi) is 27.2. The summed E-state index contributed by atoms with van der Waals surface area (Å²) < 4.78 is 19.9. The standard InChI is InChI=1S/2C12H22O12.Ca.2H2O/c2*13-1-3(15)10(7(18)8(19)11(21)22)24-12-9(20)6(17)5(16)4(2-14)23-12;;;/h2*3-10,12-20H,1-2H2,(H,21,22);;2*1H2/q;;+2;;/p-2/t2*3-,4-,5-,6+,7-,8-,9-,10-,12+;;;/m11.../s1. The summed E-state index contributed by atoms with van der Waals surface area (Å²) >= 11 is 0. The molecule has 0 aromatic rings. The summed E-state index contributed by atoms with van der Waals surface area (Å²) in [6.45, 7) is -3.58. The van der Waals surface area contributed by atoms with Gasteiger partial charge in [0.1, 0.15) is 97.7 Å². The molecule has 300 valence electrons. The van der Waals surface area contributed by atoms with Crippen LogP contribution in [-0.4, -0.2) is 279 Å². The number of carbonyl (C=O) groups is 2. The maximum atomic E-state index is 10.6. The molecule has 0 amide bonds. The molecule has 2 saturated heterocycles. The average molecular weight is 791 g/mol. The van der Waals surface area contributed by atoms with Crippen LogP contribution in [0.15, 0.2) is 0 Å². The first-order chi connectivity index (χ1) is 22.3. The van der Waals surface area contributed by atoms with Gasteiger partial charge < -0.3 is 131 Å². The van der Waals surface area contributed by atoms with Gasteiger partial charge in [-0.2, -0.15) is 0 Å². The van der Waals surface area contributed by atoms with Crippen molar-refractivity contribution >= 4 is 49.7 Å². The van der Waals surface area contributed by atoms with Gasteiger partial charge in [0, 0.05) is 0 Å². The SMILES string of the molecule is O.O.O=C([O-])[C@H](O)[C@@H](O)[C@H](O[C@@H]1O[C@H](CO)[C@@H](O)[C@H](O)[C@H]1O)[C@H](O)CO.O=C([O-])[C@H](O)[C@@H](O)[C@H](O[C@@H]1O[C@H](CO)[C@@H](O)[C@H](O)[C@H]1O)[C@H](O)CO.[Ca+2]. The second kappa shape index (κ2) is 25.4. The van der Waals surface area contributed by atoms with Crippen molar-refractivity contribution in [1.29, 1.82) is 0 Å². The van der Waals surface area contributed by atoms with Gasteiger partial charge in [-0.05, 0) is 0 Å². The second-order valence-electron chi connectivity index (χ2n) is 10.6. The molecule has 18 atom stereocenters. The largest absolute Gasteiger partial charge is 2.00 e. The topological polar surface area (TPSA) is 504 Å². The van der Waals surface area contributed by atoms with Gasteiger partial charge in [0.25, 0.3) is 0 Å². The first kappa shape index (κ1) is 54.7. The molecule has 0 unspecified atom stereocenters. The maximum absolute atomic E-state index is 10.6. The van der Waals surface area contributed by atoms with E-state index in [1.165, 1.54) is 0 Å². The Hall–Kier alpha value is -0.680. The molecule has 0 bridgehead atoms. The van der Waals surface area contributed by atoms with Crippen LogP contribution >= 0.6 is 0 Å². The molecular formula is C24H46CaO26. The van der Waals surface area contributed by atoms with E-state index in [-0.39, 0.29) is 48.7 Å². The molecule has 0 aliphatic carbocycles. The summed E-state index contributed by atoms with van der Waals surface area (Å²) in [6.07, 6.45) is -34.5. The number of rotatable bonds is 16. The van der Waals surface area contributed by atoms with Crippen LogP contribution in [0.4, 0.5) is 0 Å². The number of carboxylic acids is 2. The predicted octanol–water partition coefficient (Wildman–Crippen LogP) is -16.0. The molecule has 0 radical (unpaired) electrons. The maximum Gasteiger partial charge on any atom is 2.00 e. The van der Waals surface area contributed by atoms with Crippen LogP contribution in [0, 0.1) is 0 Å². The minimum absolute atomic E-state index is 0. The Morgan fingerprint density at radius 2 is 0.824 bits per heavy atom. The molecule has 0 saturated carbocycles. The summed E-state index contributed by atoms with van der Waals surface area (Å²) in [7, 11) is 0. The molecular weight excluding hydrogens is 744 g/mol. The Labute approximate surface area is 316 Å². The van der Waals surface area contributed by atoms with Gasteiger partial charge in [-0.25, -0.2) is 0 Å². The third-order valence-corrected chi connectivity index (χ3v) is 7.22. The Morgan fingerprint density at radius 3 is 1.04 bits per heavy atom. The smallest absolute Gasteiger partial charge is 0.547 e. The van der Waals surface area contributed by atoms with Gasteiger partial charge in [0.15, 0.2) is 12.6 Å². The monoisotopic (exact) mass is 790 g/mol. The van der Waals surface area contributed by atoms with E-state index < -0.39 is 149 Å². The van der Waals surface area contributed by atoms with Gasteiger partial charge in [0.05, 0.1) is 38.4 Å². The molecule has 0 aromatic heterocycles. The van der Waals surface area contributed by atoms with E-state index in [1.54, 1.807) is 0 Å². The van der Waals surface area contributed by atoms with E-state index in [4.69, 9.17) is 39.4 Å². The average Bonchev–Trinajstić information content (AvgIpc) is 3.07. The fourth-order valence-corrected chi connectivity index (χ4v) is 4.31. The molecule has 0 aromatic carbocycles. The number of carboxylic acid groups (broad SMARTS) is 2. The van der Waals surface area contributed by atoms with Crippen molar-refractivity contribution in [3.63, 3.8) is 0 Å². The quantitative estimate of drug-likeness (QED) is 0.0645. The van der Waals surface area contributed by atoms with Crippen molar-refractivity contribution in [2.24, 2.45) is 0 Å². The van der Waals surface area contributed by atoms with E-state index in [0.29, 0.717) is 0 Å². The Balaban J connectivity index is -0.000000853. The van der Waals surface area contributed by atoms with E-state index in [1.807, 2.05) is 0 Å². The summed E-state index contributed by atoms with van der Waals surface area (Å²) in [5.74, 6) is -4.18. The molecule has 2 rings (SSSR count). The van der Waals surface area contributed by atoms with Crippen LogP contribution in [0.1, 0.15) is 0 Å². The van der Waals surface area contributed by atoms with Crippen molar-refractivity contribution in [3.05, 3.63) is 0 Å². The van der Waals surface area contributed by atoms with E-state index in [9.17, 15) is 81.1 Å². The number of aliphatic hydroxyl groups is 16. The van der Waals surface area contributed by atoms with Crippen LogP contribution in [0.25, 0.3) is 0 Å². The van der Waals surface area contributed by atoms with E-state index in [2.05, 4.69) is 0 Å². The first-order valence-electron chi connectivity index (χ1n) is 13.9. The van der Waals surface area contributed by atoms with Crippen molar-refractivity contribution in [2.45, 2.75) is 110 Å². The fourth-order valence-electron chi connectivity index (χ4n) is 4.31. The molecule has 0 spiro atoms. The first-order valence-corrected chi connectivity index (χ1v) is 13.9. The van der Waals surface area contributed by atoms with E-state index in [0.717, 1.165) is 0 Å². The van der Waals surface area contributed by atoms with Crippen LogP contribution in [0.5, 0.6) is 0 Å². The number of aliphatic carboxylic acids is 2. The van der Waals surface area contributed by atoms with Crippen LogP contribution in [-0.2, 0) is 28.5 Å². The van der Waals surface area contributed by atoms with Crippen molar-refractivity contribution in [2.75, 3.05) is 26.4 Å². The third-order valence-electron chi connectivity index (χ3n) is 7.22. The Morgan fingerprint density at radius 1 is 0.549 bits per heavy atom. The van der Waals surface area contributed by atoms with Crippen LogP contribution < -0.4 is 10.2 Å². The van der Waals surface area contributed by atoms with Gasteiger partial charge >= 0.3 is 37.7 Å². The molecule has 27 heteroatoms. The zero-order valence-corrected chi connectivity index (χ0v) is 28.6. The Bertz CT molecular complexity index is 890. The molecule has 20 N–H and O–H groups in total. The number of ether oxygens (including phenoxy) is 4. The summed E-state index contributed by atoms with van der Waals surface area (Å²) in [4.78, 5) is 21.2. The molecule has 2 aliphatic heterocycles. The fraction of sp³-hybridized carbons (Fsp3) is 0.917. The van der Waals surface area contributed by atoms with Crippen LogP contribution in [0.3, 0.4) is 0 Å². The van der Waals surface area contributed by atoms with Gasteiger partial charge in [-0.15, -0.1) is 0 Å². The molecule has 2 aliphatic rings. The number of hydrogen-bond donors (Lipinski definition) is 16. The van der Waals surface area contributed by atoms with Crippen LogP contribution in [0.2, 0.25) is 0 Å². The van der Waals surface area contributed by atoms with E-state index >= 15 is 0 Å². The molecule has 2 fully saturated rings. The zero-order chi connectivity index (χ0) is 37.2. The van der Waals surface area contributed by atoms with Crippen molar-refractivity contribution in [1.82, 2.24) is 0 Å². The summed E-state index contributed by atoms with van der Waals surface area (Å²) in [6, 6.07) is 0. The molecule has 26 nitrogen and oxygen atoms in total. The second-order valence-corrected chi connectivity index (χ2v) is 10.6. The van der Waals surface area contributed by atoms with Crippen molar-refractivity contribution in [3.8, 4) is 0 Å². The van der Waals surface area contributed by atoms with Crippen molar-refractivity contribution < 1.29 is 131 Å².